The van der Waals surface area contributed by atoms with Crippen LogP contribution in [0.2, 0.25) is 12.1 Å². The van der Waals surface area contributed by atoms with E-state index < -0.39 is 17.6 Å². The fourth-order valence-corrected chi connectivity index (χ4v) is 14.4. The molecule has 49 heavy (non-hydrogen) atoms. The molecule has 0 N–H and O–H groups in total. The highest BCUT2D eigenvalue weighted by atomic mass is 32.2. The van der Waals surface area contributed by atoms with Crippen LogP contribution < -0.4 is 0 Å². The summed E-state index contributed by atoms with van der Waals surface area (Å²) < 4.78 is 37.9. The Morgan fingerprint density at radius 1 is 0.327 bits per heavy atom. The molecular formula is C40H86O6SSi2. The molecule has 2 atom stereocenters. The van der Waals surface area contributed by atoms with Gasteiger partial charge < -0.3 is 26.6 Å². The first-order valence-corrected chi connectivity index (χ1v) is 26.2. The van der Waals surface area contributed by atoms with Crippen molar-refractivity contribution >= 4 is 29.4 Å². The second-order valence-corrected chi connectivity index (χ2v) is 20.7. The summed E-state index contributed by atoms with van der Waals surface area (Å²) in [6, 6.07) is 1.80. The van der Waals surface area contributed by atoms with E-state index in [9.17, 15) is 0 Å². The van der Waals surface area contributed by atoms with Crippen molar-refractivity contribution in [2.75, 3.05) is 39.6 Å². The van der Waals surface area contributed by atoms with Crippen molar-refractivity contribution in [1.29, 1.82) is 0 Å². The molecule has 296 valence electrons. The topological polar surface area (TPSA) is 55.4 Å². The lowest BCUT2D eigenvalue weighted by molar-refractivity contribution is 0.0701. The predicted molar refractivity (Wildman–Crippen MR) is 219 cm³/mol. The van der Waals surface area contributed by atoms with E-state index in [1.165, 1.54) is 128 Å². The van der Waals surface area contributed by atoms with E-state index in [1.54, 1.807) is 0 Å². The molecule has 0 aliphatic carbocycles. The molecule has 0 saturated heterocycles. The molecule has 0 fully saturated rings. The van der Waals surface area contributed by atoms with Crippen molar-refractivity contribution in [1.82, 2.24) is 0 Å². The molecule has 0 aliphatic heterocycles. The Morgan fingerprint density at radius 2 is 0.571 bits per heavy atom. The zero-order valence-corrected chi connectivity index (χ0v) is 37.0. The van der Waals surface area contributed by atoms with Crippen molar-refractivity contribution < 1.29 is 26.6 Å². The van der Waals surface area contributed by atoms with Gasteiger partial charge in [-0.15, -0.1) is 0 Å². The third-order valence-corrected chi connectivity index (χ3v) is 17.3. The quantitative estimate of drug-likeness (QED) is 0.0456. The van der Waals surface area contributed by atoms with Crippen LogP contribution >= 0.6 is 11.8 Å². The summed E-state index contributed by atoms with van der Waals surface area (Å²) in [6.45, 7) is 20.9. The molecule has 0 rings (SSSR count). The Morgan fingerprint density at radius 3 is 0.816 bits per heavy atom. The van der Waals surface area contributed by atoms with Gasteiger partial charge in [-0.05, 0) is 67.2 Å². The third kappa shape index (κ3) is 26.9. The van der Waals surface area contributed by atoms with Crippen LogP contribution in [-0.4, -0.2) is 67.8 Å². The molecule has 0 saturated carbocycles. The summed E-state index contributed by atoms with van der Waals surface area (Å²) in [5, 5.41) is 1.15. The largest absolute Gasteiger partial charge is 0.500 e. The molecule has 0 aliphatic rings. The average molecular weight is 751 g/mol. The first-order valence-electron chi connectivity index (χ1n) is 21.4. The maximum atomic E-state index is 6.31. The van der Waals surface area contributed by atoms with Crippen molar-refractivity contribution in [2.45, 2.75) is 219 Å². The summed E-state index contributed by atoms with van der Waals surface area (Å²) in [7, 11) is -5.37. The predicted octanol–water partition coefficient (Wildman–Crippen LogP) is 13.2. The van der Waals surface area contributed by atoms with Gasteiger partial charge in [0.05, 0.1) is 0 Å². The fourth-order valence-electron chi connectivity index (χ4n) is 6.88. The van der Waals surface area contributed by atoms with Gasteiger partial charge in [-0.3, -0.25) is 0 Å². The molecule has 9 heteroatoms. The van der Waals surface area contributed by atoms with Gasteiger partial charge in [-0.1, -0.05) is 129 Å². The van der Waals surface area contributed by atoms with Gasteiger partial charge in [0, 0.05) is 62.2 Å². The van der Waals surface area contributed by atoms with Crippen molar-refractivity contribution in [3.63, 3.8) is 0 Å². The number of thioether (sulfide) groups is 1. The lowest BCUT2D eigenvalue weighted by Crippen LogP contribution is -2.46. The Labute approximate surface area is 313 Å². The normalized spacial score (nSPS) is 13.7. The summed E-state index contributed by atoms with van der Waals surface area (Å²) >= 11 is 2.25. The highest BCUT2D eigenvalue weighted by molar-refractivity contribution is 8.00. The highest BCUT2D eigenvalue weighted by Crippen LogP contribution is 2.36. The Hall–Kier alpha value is 0.544. The maximum absolute atomic E-state index is 6.31. The Kier molecular flexibility index (Phi) is 36.0. The molecule has 6 nitrogen and oxygen atoms in total. The van der Waals surface area contributed by atoms with Crippen molar-refractivity contribution in [3.05, 3.63) is 0 Å². The van der Waals surface area contributed by atoms with Crippen molar-refractivity contribution in [3.8, 4) is 0 Å². The van der Waals surface area contributed by atoms with Crippen LogP contribution in [0.25, 0.3) is 0 Å². The minimum Gasteiger partial charge on any atom is -0.374 e. The van der Waals surface area contributed by atoms with E-state index in [1.807, 2.05) is 0 Å². The van der Waals surface area contributed by atoms with Crippen LogP contribution in [0.1, 0.15) is 197 Å². The van der Waals surface area contributed by atoms with Crippen LogP contribution in [0.4, 0.5) is 0 Å². The number of hydrogen-bond acceptors (Lipinski definition) is 7. The van der Waals surface area contributed by atoms with Crippen LogP contribution in [-0.2, 0) is 26.6 Å². The van der Waals surface area contributed by atoms with Crippen LogP contribution in [0, 0.1) is 0 Å². The van der Waals surface area contributed by atoms with Gasteiger partial charge in [-0.25, -0.2) is 0 Å². The highest BCUT2D eigenvalue weighted by Gasteiger charge is 2.42. The molecule has 0 heterocycles. The lowest BCUT2D eigenvalue weighted by atomic mass is 10.1. The van der Waals surface area contributed by atoms with E-state index >= 15 is 0 Å². The summed E-state index contributed by atoms with van der Waals surface area (Å²) in [5.74, 6) is 0. The fraction of sp³-hybridized carbons (Fsp3) is 1.00. The van der Waals surface area contributed by atoms with Crippen molar-refractivity contribution in [2.24, 2.45) is 0 Å². The van der Waals surface area contributed by atoms with E-state index in [4.69, 9.17) is 26.6 Å². The average Bonchev–Trinajstić information content (AvgIpc) is 3.08. The van der Waals surface area contributed by atoms with Crippen LogP contribution in [0.15, 0.2) is 0 Å². The van der Waals surface area contributed by atoms with Gasteiger partial charge in [-0.2, -0.15) is 11.8 Å². The Bertz CT molecular complexity index is 589. The van der Waals surface area contributed by atoms with E-state index in [0.717, 1.165) is 24.9 Å². The second-order valence-electron chi connectivity index (χ2n) is 13.7. The SMILES string of the molecule is CCCCCCCCCCCC(CC[Si](OCC)(OCC)OCC)SC(CCCCCCCCCCC)CC[Si](OCC)(OCC)OCC. The number of rotatable bonds is 40. The first kappa shape index (κ1) is 49.5. The van der Waals surface area contributed by atoms with Gasteiger partial charge in [0.1, 0.15) is 0 Å². The van der Waals surface area contributed by atoms with Gasteiger partial charge in [0.2, 0.25) is 0 Å². The molecule has 0 aromatic carbocycles. The summed E-state index contributed by atoms with van der Waals surface area (Å²) in [4.78, 5) is 0. The van der Waals surface area contributed by atoms with E-state index in [-0.39, 0.29) is 0 Å². The molecule has 0 aromatic rings. The number of hydrogen-bond donors (Lipinski definition) is 0. The minimum atomic E-state index is -2.69. The summed E-state index contributed by atoms with van der Waals surface area (Å²) in [5.41, 5.74) is 0. The molecule has 0 radical (unpaired) electrons. The minimum absolute atomic E-state index is 0.573. The van der Waals surface area contributed by atoms with E-state index in [0.29, 0.717) is 50.1 Å². The van der Waals surface area contributed by atoms with E-state index in [2.05, 4.69) is 67.2 Å². The third-order valence-electron chi connectivity index (χ3n) is 9.37. The maximum Gasteiger partial charge on any atom is 0.500 e. The van der Waals surface area contributed by atoms with Crippen LogP contribution in [0.3, 0.4) is 0 Å². The second kappa shape index (κ2) is 35.6. The van der Waals surface area contributed by atoms with Gasteiger partial charge >= 0.3 is 17.6 Å². The zero-order valence-electron chi connectivity index (χ0n) is 34.2. The molecule has 0 amide bonds. The molecule has 0 bridgehead atoms. The summed E-state index contributed by atoms with van der Waals surface area (Å²) in [6.07, 6.45) is 29.3. The molecule has 0 spiro atoms. The smallest absolute Gasteiger partial charge is 0.374 e. The Balaban J connectivity index is 5.68. The van der Waals surface area contributed by atoms with Crippen LogP contribution in [0.5, 0.6) is 0 Å². The molecule has 0 aromatic heterocycles. The number of unbranched alkanes of at least 4 members (excludes halogenated alkanes) is 16. The standard InChI is InChI=1S/C40H86O6SSi2/c1-9-17-19-21-23-25-27-29-31-33-39(35-37-48(41-11-3,42-12-4)43-13-5)47-40(34-32-30-28-26-24-22-20-18-10-2)36-38-49(44-14-6,45-15-7)46-16-8/h39-40H,9-38H2,1-8H3. The molecular weight excluding hydrogens is 665 g/mol. The van der Waals surface area contributed by atoms with Gasteiger partial charge in [0.25, 0.3) is 0 Å². The zero-order chi connectivity index (χ0) is 36.3. The first-order chi connectivity index (χ1) is 23.9. The monoisotopic (exact) mass is 751 g/mol. The van der Waals surface area contributed by atoms with Gasteiger partial charge in [0.15, 0.2) is 0 Å². The molecule has 2 unspecified atom stereocenters. The lowest BCUT2D eigenvalue weighted by Gasteiger charge is -2.32.